The van der Waals surface area contributed by atoms with Gasteiger partial charge in [0.15, 0.2) is 0 Å². The van der Waals surface area contributed by atoms with Gasteiger partial charge in [0.1, 0.15) is 0 Å². The van der Waals surface area contributed by atoms with E-state index in [0.717, 1.165) is 27.8 Å². The summed E-state index contributed by atoms with van der Waals surface area (Å²) in [5, 5.41) is 0. The van der Waals surface area contributed by atoms with Gasteiger partial charge < -0.3 is 0 Å². The van der Waals surface area contributed by atoms with E-state index in [4.69, 9.17) is 0 Å². The molecular formula is C32H26. The van der Waals surface area contributed by atoms with Crippen LogP contribution in [0.3, 0.4) is 0 Å². The van der Waals surface area contributed by atoms with Crippen LogP contribution in [-0.4, -0.2) is 0 Å². The third-order valence-corrected chi connectivity index (χ3v) is 5.36. The smallest absolute Gasteiger partial charge is 0.0405 e. The molecule has 0 saturated heterocycles. The van der Waals surface area contributed by atoms with Gasteiger partial charge in [-0.15, -0.1) is 0 Å². The van der Waals surface area contributed by atoms with Gasteiger partial charge in [-0.1, -0.05) is 117 Å². The standard InChI is InChI=1S/C32H26/c1-32(2,3)30-23-18-25(19-24-30)17-20-26-11-7-8-12-27(26)21-22-29-15-9-10-16-31(29)28-13-5-4-6-14-28/h4-16,18-19,23-24H,1-3H3. The van der Waals surface area contributed by atoms with E-state index in [2.05, 4.69) is 111 Å². The molecular weight excluding hydrogens is 384 g/mol. The second kappa shape index (κ2) is 9.43. The van der Waals surface area contributed by atoms with Crippen molar-refractivity contribution in [2.75, 3.05) is 0 Å². The molecule has 0 spiro atoms. The Labute approximate surface area is 192 Å². The lowest BCUT2D eigenvalue weighted by atomic mass is 9.87. The summed E-state index contributed by atoms with van der Waals surface area (Å²) in [5.41, 5.74) is 7.67. The van der Waals surface area contributed by atoms with Gasteiger partial charge in [-0.05, 0) is 52.4 Å². The van der Waals surface area contributed by atoms with Crippen LogP contribution in [0.5, 0.6) is 0 Å². The fourth-order valence-electron chi connectivity index (χ4n) is 3.49. The average molecular weight is 411 g/mol. The Balaban J connectivity index is 1.64. The molecule has 4 aromatic carbocycles. The first kappa shape index (κ1) is 21.2. The maximum Gasteiger partial charge on any atom is 0.0405 e. The van der Waals surface area contributed by atoms with E-state index in [0.29, 0.717) is 0 Å². The summed E-state index contributed by atoms with van der Waals surface area (Å²) in [6.07, 6.45) is 0. The van der Waals surface area contributed by atoms with E-state index in [-0.39, 0.29) is 5.41 Å². The Morgan fingerprint density at radius 3 is 1.59 bits per heavy atom. The lowest BCUT2D eigenvalue weighted by Crippen LogP contribution is -2.10. The van der Waals surface area contributed by atoms with Gasteiger partial charge in [-0.3, -0.25) is 0 Å². The minimum absolute atomic E-state index is 0.143. The zero-order valence-electron chi connectivity index (χ0n) is 18.8. The molecule has 0 nitrogen and oxygen atoms in total. The number of benzene rings is 4. The molecule has 0 radical (unpaired) electrons. The van der Waals surface area contributed by atoms with Crippen molar-refractivity contribution in [2.24, 2.45) is 0 Å². The Hall–Kier alpha value is -4.00. The topological polar surface area (TPSA) is 0 Å². The van der Waals surface area contributed by atoms with Gasteiger partial charge in [-0.2, -0.15) is 0 Å². The van der Waals surface area contributed by atoms with E-state index in [1.807, 2.05) is 36.4 Å². The third kappa shape index (κ3) is 5.18. The van der Waals surface area contributed by atoms with Crippen molar-refractivity contribution in [3.8, 4) is 34.8 Å². The second-order valence-corrected chi connectivity index (χ2v) is 8.78. The first-order valence-electron chi connectivity index (χ1n) is 10.9. The molecule has 32 heavy (non-hydrogen) atoms. The number of hydrogen-bond acceptors (Lipinski definition) is 0. The van der Waals surface area contributed by atoms with Crippen LogP contribution in [0.25, 0.3) is 11.1 Å². The summed E-state index contributed by atoms with van der Waals surface area (Å²) in [7, 11) is 0. The van der Waals surface area contributed by atoms with Gasteiger partial charge in [0.25, 0.3) is 0 Å². The van der Waals surface area contributed by atoms with Crippen molar-refractivity contribution < 1.29 is 0 Å². The molecule has 0 fully saturated rings. The normalized spacial score (nSPS) is 10.5. The van der Waals surface area contributed by atoms with Gasteiger partial charge in [0, 0.05) is 22.3 Å². The van der Waals surface area contributed by atoms with E-state index in [1.54, 1.807) is 0 Å². The molecule has 0 heteroatoms. The highest BCUT2D eigenvalue weighted by molar-refractivity contribution is 5.71. The highest BCUT2D eigenvalue weighted by atomic mass is 14.2. The van der Waals surface area contributed by atoms with Crippen molar-refractivity contribution in [2.45, 2.75) is 26.2 Å². The quantitative estimate of drug-likeness (QED) is 0.286. The molecule has 154 valence electrons. The molecule has 0 aromatic heterocycles. The van der Waals surface area contributed by atoms with Crippen LogP contribution in [-0.2, 0) is 5.41 Å². The maximum atomic E-state index is 3.37. The fourth-order valence-corrected chi connectivity index (χ4v) is 3.49. The van der Waals surface area contributed by atoms with Crippen molar-refractivity contribution >= 4 is 0 Å². The van der Waals surface area contributed by atoms with Crippen LogP contribution in [0.1, 0.15) is 48.6 Å². The Kier molecular flexibility index (Phi) is 6.26. The monoisotopic (exact) mass is 410 g/mol. The zero-order chi connectivity index (χ0) is 22.4. The number of rotatable bonds is 1. The summed E-state index contributed by atoms with van der Waals surface area (Å²) in [6, 6.07) is 35.2. The SMILES string of the molecule is CC(C)(C)c1ccc(C#Cc2ccccc2C#Cc2ccccc2-c2ccccc2)cc1. The first-order chi connectivity index (χ1) is 15.5. The molecule has 0 unspecified atom stereocenters. The lowest BCUT2D eigenvalue weighted by molar-refractivity contribution is 0.590. The highest BCUT2D eigenvalue weighted by Crippen LogP contribution is 2.23. The van der Waals surface area contributed by atoms with Crippen LogP contribution in [0.15, 0.2) is 103 Å². The molecule has 0 heterocycles. The lowest BCUT2D eigenvalue weighted by Gasteiger charge is -2.18. The van der Waals surface area contributed by atoms with Crippen LogP contribution in [0.2, 0.25) is 0 Å². The Bertz CT molecular complexity index is 1330. The number of hydrogen-bond donors (Lipinski definition) is 0. The molecule has 0 aliphatic carbocycles. The molecule has 4 aromatic rings. The highest BCUT2D eigenvalue weighted by Gasteiger charge is 2.12. The van der Waals surface area contributed by atoms with Crippen molar-refractivity contribution in [1.29, 1.82) is 0 Å². The summed E-state index contributed by atoms with van der Waals surface area (Å²) in [6.45, 7) is 6.66. The van der Waals surface area contributed by atoms with Gasteiger partial charge in [-0.25, -0.2) is 0 Å². The molecule has 0 N–H and O–H groups in total. The third-order valence-electron chi connectivity index (χ3n) is 5.36. The van der Waals surface area contributed by atoms with Crippen molar-refractivity contribution in [3.05, 3.63) is 131 Å². The molecule has 0 aliphatic rings. The first-order valence-corrected chi connectivity index (χ1v) is 10.9. The van der Waals surface area contributed by atoms with Crippen LogP contribution in [0, 0.1) is 23.7 Å². The van der Waals surface area contributed by atoms with Gasteiger partial charge >= 0.3 is 0 Å². The fraction of sp³-hybridized carbons (Fsp3) is 0.125. The predicted octanol–water partition coefficient (Wildman–Crippen LogP) is 7.45. The van der Waals surface area contributed by atoms with E-state index >= 15 is 0 Å². The molecule has 0 saturated carbocycles. The van der Waals surface area contributed by atoms with E-state index < -0.39 is 0 Å². The van der Waals surface area contributed by atoms with Gasteiger partial charge in [0.05, 0.1) is 0 Å². The molecule has 4 rings (SSSR count). The predicted molar refractivity (Wildman–Crippen MR) is 135 cm³/mol. The molecule has 0 bridgehead atoms. The largest absolute Gasteiger partial charge is 0.0622 e. The van der Waals surface area contributed by atoms with Crippen molar-refractivity contribution in [3.63, 3.8) is 0 Å². The van der Waals surface area contributed by atoms with Gasteiger partial charge in [0.2, 0.25) is 0 Å². The second-order valence-electron chi connectivity index (χ2n) is 8.78. The molecule has 0 amide bonds. The molecule has 0 atom stereocenters. The molecule has 0 aliphatic heterocycles. The summed E-state index contributed by atoms with van der Waals surface area (Å²) < 4.78 is 0. The minimum atomic E-state index is 0.143. The minimum Gasteiger partial charge on any atom is -0.0622 e. The average Bonchev–Trinajstić information content (AvgIpc) is 2.82. The Morgan fingerprint density at radius 2 is 0.969 bits per heavy atom. The van der Waals surface area contributed by atoms with E-state index in [9.17, 15) is 0 Å². The Morgan fingerprint density at radius 1 is 0.469 bits per heavy atom. The van der Waals surface area contributed by atoms with Crippen LogP contribution >= 0.6 is 0 Å². The zero-order valence-corrected chi connectivity index (χ0v) is 18.8. The summed E-state index contributed by atoms with van der Waals surface area (Å²) in [5.74, 6) is 13.3. The van der Waals surface area contributed by atoms with Crippen molar-refractivity contribution in [1.82, 2.24) is 0 Å². The summed E-state index contributed by atoms with van der Waals surface area (Å²) in [4.78, 5) is 0. The maximum absolute atomic E-state index is 3.37. The van der Waals surface area contributed by atoms with E-state index in [1.165, 1.54) is 11.1 Å². The van der Waals surface area contributed by atoms with Crippen LogP contribution < -0.4 is 0 Å². The summed E-state index contributed by atoms with van der Waals surface area (Å²) >= 11 is 0. The van der Waals surface area contributed by atoms with Crippen LogP contribution in [0.4, 0.5) is 0 Å².